The van der Waals surface area contributed by atoms with E-state index in [0.29, 0.717) is 11.6 Å². The zero-order valence-electron chi connectivity index (χ0n) is 15.7. The molecule has 0 fully saturated rings. The van der Waals surface area contributed by atoms with E-state index in [0.717, 1.165) is 35.6 Å². The van der Waals surface area contributed by atoms with E-state index in [2.05, 4.69) is 29.1 Å². The number of pyridine rings is 2. The van der Waals surface area contributed by atoms with Crippen LogP contribution in [0.3, 0.4) is 0 Å². The van der Waals surface area contributed by atoms with Crippen LogP contribution < -0.4 is 5.32 Å². The molecule has 0 aliphatic rings. The van der Waals surface area contributed by atoms with E-state index in [1.54, 1.807) is 6.20 Å². The summed E-state index contributed by atoms with van der Waals surface area (Å²) in [5.41, 5.74) is 1.63. The Kier molecular flexibility index (Phi) is 5.97. The quantitative estimate of drug-likeness (QED) is 0.536. The number of benzene rings is 1. The number of hydrogen-bond donors (Lipinski definition) is 1. The Bertz CT molecular complexity index is 874. The molecule has 0 bridgehead atoms. The number of alkyl halides is 3. The SMILES string of the molecule is CC(C)CC(Nc1ccccn1)c1ccc(-c2ccc(C(F)(F)F)cn2)cc1. The number of nitrogens with zero attached hydrogens (tertiary/aromatic N) is 2. The van der Waals surface area contributed by atoms with Gasteiger partial charge in [-0.3, -0.25) is 4.98 Å². The predicted molar refractivity (Wildman–Crippen MR) is 105 cm³/mol. The Labute approximate surface area is 162 Å². The summed E-state index contributed by atoms with van der Waals surface area (Å²) in [5, 5.41) is 3.46. The maximum absolute atomic E-state index is 12.7. The normalized spacial score (nSPS) is 12.8. The van der Waals surface area contributed by atoms with Crippen LogP contribution in [0.1, 0.15) is 37.4 Å². The van der Waals surface area contributed by atoms with Gasteiger partial charge in [-0.1, -0.05) is 44.2 Å². The molecule has 2 aromatic heterocycles. The van der Waals surface area contributed by atoms with Crippen molar-refractivity contribution in [2.24, 2.45) is 5.92 Å². The maximum Gasteiger partial charge on any atom is 0.417 e. The van der Waals surface area contributed by atoms with Crippen molar-refractivity contribution in [1.29, 1.82) is 0 Å². The second kappa shape index (κ2) is 8.42. The predicted octanol–water partition coefficient (Wildman–Crippen LogP) is 6.36. The molecule has 0 aliphatic heterocycles. The fourth-order valence-corrected chi connectivity index (χ4v) is 2.99. The van der Waals surface area contributed by atoms with Crippen LogP contribution in [-0.2, 0) is 6.18 Å². The number of halogens is 3. The molecule has 2 heterocycles. The second-order valence-electron chi connectivity index (χ2n) is 7.09. The molecule has 0 radical (unpaired) electrons. The lowest BCUT2D eigenvalue weighted by atomic mass is 9.95. The lowest BCUT2D eigenvalue weighted by Gasteiger charge is -2.22. The average Bonchev–Trinajstić information content (AvgIpc) is 2.67. The molecule has 3 nitrogen and oxygen atoms in total. The van der Waals surface area contributed by atoms with Gasteiger partial charge in [-0.05, 0) is 42.2 Å². The first-order chi connectivity index (χ1) is 13.3. The van der Waals surface area contributed by atoms with Crippen molar-refractivity contribution in [1.82, 2.24) is 9.97 Å². The van der Waals surface area contributed by atoms with E-state index in [9.17, 15) is 13.2 Å². The van der Waals surface area contributed by atoms with Crippen molar-refractivity contribution in [2.75, 3.05) is 5.32 Å². The van der Waals surface area contributed by atoms with E-state index < -0.39 is 11.7 Å². The van der Waals surface area contributed by atoms with Crippen molar-refractivity contribution < 1.29 is 13.2 Å². The first-order valence-corrected chi connectivity index (χ1v) is 9.14. The van der Waals surface area contributed by atoms with Gasteiger partial charge in [0.25, 0.3) is 0 Å². The Hall–Kier alpha value is -2.89. The molecule has 0 amide bonds. The third-order valence-corrected chi connectivity index (χ3v) is 4.39. The van der Waals surface area contributed by atoms with Crippen LogP contribution in [0, 0.1) is 5.92 Å². The number of aromatic nitrogens is 2. The zero-order chi connectivity index (χ0) is 20.1. The highest BCUT2D eigenvalue weighted by molar-refractivity contribution is 5.60. The summed E-state index contributed by atoms with van der Waals surface area (Å²) in [4.78, 5) is 8.29. The highest BCUT2D eigenvalue weighted by Gasteiger charge is 2.30. The smallest absolute Gasteiger partial charge is 0.363 e. The van der Waals surface area contributed by atoms with E-state index in [-0.39, 0.29) is 6.04 Å². The Morgan fingerprint density at radius 3 is 2.21 bits per heavy atom. The van der Waals surface area contributed by atoms with Gasteiger partial charge >= 0.3 is 6.18 Å². The molecule has 1 aromatic carbocycles. The molecule has 0 saturated heterocycles. The lowest BCUT2D eigenvalue weighted by molar-refractivity contribution is -0.137. The van der Waals surface area contributed by atoms with E-state index >= 15 is 0 Å². The van der Waals surface area contributed by atoms with Crippen LogP contribution in [0.4, 0.5) is 19.0 Å². The minimum absolute atomic E-state index is 0.0875. The van der Waals surface area contributed by atoms with E-state index in [1.807, 2.05) is 42.5 Å². The molecule has 1 N–H and O–H groups in total. The lowest BCUT2D eigenvalue weighted by Crippen LogP contribution is -2.14. The molecule has 1 atom stereocenters. The highest BCUT2D eigenvalue weighted by Crippen LogP contribution is 2.31. The molecular weight excluding hydrogens is 363 g/mol. The molecule has 6 heteroatoms. The second-order valence-corrected chi connectivity index (χ2v) is 7.09. The largest absolute Gasteiger partial charge is 0.417 e. The van der Waals surface area contributed by atoms with Gasteiger partial charge in [0.2, 0.25) is 0 Å². The Morgan fingerprint density at radius 1 is 0.929 bits per heavy atom. The number of hydrogen-bond acceptors (Lipinski definition) is 3. The van der Waals surface area contributed by atoms with Crippen molar-refractivity contribution in [3.63, 3.8) is 0 Å². The van der Waals surface area contributed by atoms with Gasteiger partial charge in [-0.2, -0.15) is 13.2 Å². The summed E-state index contributed by atoms with van der Waals surface area (Å²) < 4.78 is 38.1. The Balaban J connectivity index is 1.80. The van der Waals surface area contributed by atoms with Crippen molar-refractivity contribution in [3.05, 3.63) is 78.1 Å². The molecule has 28 heavy (non-hydrogen) atoms. The third-order valence-electron chi connectivity index (χ3n) is 4.39. The summed E-state index contributed by atoms with van der Waals surface area (Å²) in [5.74, 6) is 1.29. The highest BCUT2D eigenvalue weighted by atomic mass is 19.4. The van der Waals surface area contributed by atoms with E-state index in [4.69, 9.17) is 0 Å². The fourth-order valence-electron chi connectivity index (χ4n) is 2.99. The van der Waals surface area contributed by atoms with Gasteiger partial charge in [0.1, 0.15) is 5.82 Å². The summed E-state index contributed by atoms with van der Waals surface area (Å²) in [6, 6.07) is 16.0. The first kappa shape index (κ1) is 19.9. The number of anilines is 1. The van der Waals surface area contributed by atoms with Gasteiger partial charge < -0.3 is 5.32 Å². The fraction of sp³-hybridized carbons (Fsp3) is 0.273. The first-order valence-electron chi connectivity index (χ1n) is 9.14. The van der Waals surface area contributed by atoms with Crippen LogP contribution in [-0.4, -0.2) is 9.97 Å². The van der Waals surface area contributed by atoms with Crippen LogP contribution in [0.5, 0.6) is 0 Å². The van der Waals surface area contributed by atoms with Crippen molar-refractivity contribution in [2.45, 2.75) is 32.5 Å². The summed E-state index contributed by atoms with van der Waals surface area (Å²) in [6.45, 7) is 4.32. The van der Waals surface area contributed by atoms with Crippen molar-refractivity contribution >= 4 is 5.82 Å². The summed E-state index contributed by atoms with van der Waals surface area (Å²) in [6.07, 6.45) is -0.841. The minimum atomic E-state index is -4.38. The molecule has 0 saturated carbocycles. The summed E-state index contributed by atoms with van der Waals surface area (Å²) >= 11 is 0. The molecule has 3 rings (SSSR count). The van der Waals surface area contributed by atoms with Gasteiger partial charge in [-0.15, -0.1) is 0 Å². The van der Waals surface area contributed by atoms with Crippen molar-refractivity contribution in [3.8, 4) is 11.3 Å². The maximum atomic E-state index is 12.7. The monoisotopic (exact) mass is 385 g/mol. The molecule has 1 unspecified atom stereocenters. The standard InChI is InChI=1S/C22H22F3N3/c1-15(2)13-20(28-21-5-3-4-12-26-21)17-8-6-16(7-9-17)19-11-10-18(14-27-19)22(23,24)25/h3-12,14-15,20H,13H2,1-2H3,(H,26,28). The molecular formula is C22H22F3N3. The Morgan fingerprint density at radius 2 is 1.68 bits per heavy atom. The zero-order valence-corrected chi connectivity index (χ0v) is 15.7. The minimum Gasteiger partial charge on any atom is -0.363 e. The summed E-state index contributed by atoms with van der Waals surface area (Å²) in [7, 11) is 0. The molecule has 0 aliphatic carbocycles. The third kappa shape index (κ3) is 5.09. The average molecular weight is 385 g/mol. The number of nitrogens with one attached hydrogen (secondary N) is 1. The van der Waals surface area contributed by atoms with Crippen LogP contribution in [0.2, 0.25) is 0 Å². The van der Waals surface area contributed by atoms with Crippen LogP contribution in [0.25, 0.3) is 11.3 Å². The van der Waals surface area contributed by atoms with Gasteiger partial charge in [-0.25, -0.2) is 4.98 Å². The molecule has 0 spiro atoms. The van der Waals surface area contributed by atoms with Gasteiger partial charge in [0, 0.05) is 18.0 Å². The number of rotatable bonds is 6. The van der Waals surface area contributed by atoms with Gasteiger partial charge in [0.05, 0.1) is 17.3 Å². The van der Waals surface area contributed by atoms with Gasteiger partial charge in [0.15, 0.2) is 0 Å². The molecule has 3 aromatic rings. The van der Waals surface area contributed by atoms with E-state index in [1.165, 1.54) is 6.07 Å². The van der Waals surface area contributed by atoms with Crippen LogP contribution >= 0.6 is 0 Å². The topological polar surface area (TPSA) is 37.8 Å². The van der Waals surface area contributed by atoms with Crippen LogP contribution in [0.15, 0.2) is 67.0 Å². The molecule has 146 valence electrons.